The van der Waals surface area contributed by atoms with Gasteiger partial charge in [-0.05, 0) is 53.9 Å². The molecular formula is C11H18BrNO. The van der Waals surface area contributed by atoms with Gasteiger partial charge in [0.1, 0.15) is 5.76 Å². The van der Waals surface area contributed by atoms with Gasteiger partial charge >= 0.3 is 0 Å². The Hall–Kier alpha value is -0.280. The summed E-state index contributed by atoms with van der Waals surface area (Å²) in [5.74, 6) is 1.73. The van der Waals surface area contributed by atoms with E-state index in [0.29, 0.717) is 6.04 Å². The average molecular weight is 260 g/mol. The predicted molar refractivity (Wildman–Crippen MR) is 62.3 cm³/mol. The Morgan fingerprint density at radius 1 is 1.36 bits per heavy atom. The van der Waals surface area contributed by atoms with Crippen molar-refractivity contribution in [1.29, 1.82) is 0 Å². The van der Waals surface area contributed by atoms with Crippen LogP contribution < -0.4 is 5.32 Å². The molecule has 1 N–H and O–H groups in total. The predicted octanol–water partition coefficient (Wildman–Crippen LogP) is 3.74. The first-order valence-electron chi connectivity index (χ1n) is 5.08. The van der Waals surface area contributed by atoms with Gasteiger partial charge in [0.05, 0.1) is 6.04 Å². The van der Waals surface area contributed by atoms with Crippen molar-refractivity contribution in [2.75, 3.05) is 6.54 Å². The van der Waals surface area contributed by atoms with Crippen molar-refractivity contribution in [3.8, 4) is 0 Å². The molecule has 1 rings (SSSR count). The maximum atomic E-state index is 5.46. The van der Waals surface area contributed by atoms with Crippen molar-refractivity contribution in [1.82, 2.24) is 5.32 Å². The van der Waals surface area contributed by atoms with Crippen LogP contribution in [0.3, 0.4) is 0 Å². The van der Waals surface area contributed by atoms with E-state index in [0.717, 1.165) is 22.9 Å². The van der Waals surface area contributed by atoms with Crippen LogP contribution in [0, 0.1) is 5.92 Å². The van der Waals surface area contributed by atoms with E-state index < -0.39 is 0 Å². The van der Waals surface area contributed by atoms with Crippen LogP contribution >= 0.6 is 15.9 Å². The first-order chi connectivity index (χ1) is 6.59. The molecule has 0 saturated carbocycles. The molecule has 2 nitrogen and oxygen atoms in total. The van der Waals surface area contributed by atoms with Crippen molar-refractivity contribution >= 4 is 15.9 Å². The van der Waals surface area contributed by atoms with Gasteiger partial charge < -0.3 is 9.73 Å². The molecule has 0 aliphatic carbocycles. The SMILES string of the molecule is CC(C)CCNC(C)c1ccc(Br)o1. The lowest BCUT2D eigenvalue weighted by Crippen LogP contribution is -2.20. The highest BCUT2D eigenvalue weighted by molar-refractivity contribution is 9.10. The van der Waals surface area contributed by atoms with Gasteiger partial charge in [0.15, 0.2) is 4.67 Å². The van der Waals surface area contributed by atoms with E-state index in [-0.39, 0.29) is 0 Å². The van der Waals surface area contributed by atoms with Crippen LogP contribution in [0.4, 0.5) is 0 Å². The van der Waals surface area contributed by atoms with E-state index >= 15 is 0 Å². The molecule has 80 valence electrons. The van der Waals surface area contributed by atoms with Crippen LogP contribution in [-0.4, -0.2) is 6.54 Å². The molecule has 3 heteroatoms. The zero-order valence-electron chi connectivity index (χ0n) is 9.01. The quantitative estimate of drug-likeness (QED) is 0.872. The van der Waals surface area contributed by atoms with Gasteiger partial charge in [-0.1, -0.05) is 13.8 Å². The summed E-state index contributed by atoms with van der Waals surface area (Å²) in [4.78, 5) is 0. The summed E-state index contributed by atoms with van der Waals surface area (Å²) in [6.07, 6.45) is 1.20. The van der Waals surface area contributed by atoms with E-state index in [1.165, 1.54) is 6.42 Å². The van der Waals surface area contributed by atoms with E-state index in [9.17, 15) is 0 Å². The molecule has 0 radical (unpaired) electrons. The normalized spacial score (nSPS) is 13.5. The second-order valence-corrected chi connectivity index (χ2v) is 4.78. The maximum Gasteiger partial charge on any atom is 0.169 e. The fraction of sp³-hybridized carbons (Fsp3) is 0.636. The van der Waals surface area contributed by atoms with E-state index in [1.54, 1.807) is 0 Å². The summed E-state index contributed by atoms with van der Waals surface area (Å²) in [5.41, 5.74) is 0. The molecule has 1 unspecified atom stereocenters. The highest BCUT2D eigenvalue weighted by Crippen LogP contribution is 2.19. The summed E-state index contributed by atoms with van der Waals surface area (Å²) < 4.78 is 6.25. The van der Waals surface area contributed by atoms with Crippen LogP contribution in [0.5, 0.6) is 0 Å². The van der Waals surface area contributed by atoms with Crippen LogP contribution in [0.15, 0.2) is 21.2 Å². The number of furan rings is 1. The molecule has 0 amide bonds. The summed E-state index contributed by atoms with van der Waals surface area (Å²) in [6, 6.07) is 4.22. The number of halogens is 1. The zero-order valence-corrected chi connectivity index (χ0v) is 10.6. The molecule has 0 fully saturated rings. The largest absolute Gasteiger partial charge is 0.453 e. The molecule has 1 aromatic rings. The third-order valence-electron chi connectivity index (χ3n) is 2.19. The lowest BCUT2D eigenvalue weighted by Gasteiger charge is -2.12. The summed E-state index contributed by atoms with van der Waals surface area (Å²) >= 11 is 3.30. The van der Waals surface area contributed by atoms with Crippen LogP contribution in [-0.2, 0) is 0 Å². The number of hydrogen-bond acceptors (Lipinski definition) is 2. The van der Waals surface area contributed by atoms with Crippen molar-refractivity contribution in [2.24, 2.45) is 5.92 Å². The average Bonchev–Trinajstić information content (AvgIpc) is 2.51. The van der Waals surface area contributed by atoms with Crippen molar-refractivity contribution in [3.63, 3.8) is 0 Å². The Morgan fingerprint density at radius 2 is 2.07 bits per heavy atom. The molecule has 0 aromatic carbocycles. The summed E-state index contributed by atoms with van der Waals surface area (Å²) in [7, 11) is 0. The molecule has 0 spiro atoms. The third kappa shape index (κ3) is 3.84. The number of hydrogen-bond donors (Lipinski definition) is 1. The monoisotopic (exact) mass is 259 g/mol. The van der Waals surface area contributed by atoms with Gasteiger partial charge in [0, 0.05) is 0 Å². The van der Waals surface area contributed by atoms with Gasteiger partial charge in [-0.3, -0.25) is 0 Å². The lowest BCUT2D eigenvalue weighted by atomic mass is 10.1. The molecule has 1 atom stereocenters. The molecule has 0 saturated heterocycles. The fourth-order valence-corrected chi connectivity index (χ4v) is 1.57. The highest BCUT2D eigenvalue weighted by Gasteiger charge is 2.08. The zero-order chi connectivity index (χ0) is 10.6. The minimum atomic E-state index is 0.292. The van der Waals surface area contributed by atoms with Gasteiger partial charge in [-0.2, -0.15) is 0 Å². The smallest absolute Gasteiger partial charge is 0.169 e. The molecule has 0 aliphatic heterocycles. The van der Waals surface area contributed by atoms with Crippen molar-refractivity contribution in [2.45, 2.75) is 33.2 Å². The van der Waals surface area contributed by atoms with Crippen LogP contribution in [0.2, 0.25) is 0 Å². The fourth-order valence-electron chi connectivity index (χ4n) is 1.25. The minimum Gasteiger partial charge on any atom is -0.453 e. The van der Waals surface area contributed by atoms with Crippen LogP contribution in [0.1, 0.15) is 39.0 Å². The number of nitrogens with one attached hydrogen (secondary N) is 1. The molecule has 14 heavy (non-hydrogen) atoms. The first-order valence-corrected chi connectivity index (χ1v) is 5.87. The van der Waals surface area contributed by atoms with Crippen molar-refractivity contribution < 1.29 is 4.42 Å². The van der Waals surface area contributed by atoms with E-state index in [2.05, 4.69) is 42.0 Å². The Labute approximate surface area is 94.2 Å². The topological polar surface area (TPSA) is 25.2 Å². The van der Waals surface area contributed by atoms with Gasteiger partial charge in [0.2, 0.25) is 0 Å². The third-order valence-corrected chi connectivity index (χ3v) is 2.62. The van der Waals surface area contributed by atoms with Gasteiger partial charge in [0.25, 0.3) is 0 Å². The Bertz CT molecular complexity index is 270. The molecule has 0 bridgehead atoms. The lowest BCUT2D eigenvalue weighted by molar-refractivity contribution is 0.407. The molecule has 1 aromatic heterocycles. The first kappa shape index (κ1) is 11.8. The second kappa shape index (κ2) is 5.56. The van der Waals surface area contributed by atoms with Gasteiger partial charge in [-0.25, -0.2) is 0 Å². The highest BCUT2D eigenvalue weighted by atomic mass is 79.9. The maximum absolute atomic E-state index is 5.46. The number of rotatable bonds is 5. The molecule has 0 aliphatic rings. The molecular weight excluding hydrogens is 242 g/mol. The minimum absolute atomic E-state index is 0.292. The van der Waals surface area contributed by atoms with Crippen molar-refractivity contribution in [3.05, 3.63) is 22.6 Å². The Kier molecular flexibility index (Phi) is 4.69. The summed E-state index contributed by atoms with van der Waals surface area (Å²) in [6.45, 7) is 7.62. The molecule has 1 heterocycles. The van der Waals surface area contributed by atoms with E-state index in [4.69, 9.17) is 4.42 Å². The Morgan fingerprint density at radius 3 is 2.57 bits per heavy atom. The summed E-state index contributed by atoms with van der Waals surface area (Å²) in [5, 5.41) is 3.43. The van der Waals surface area contributed by atoms with E-state index in [1.807, 2.05) is 12.1 Å². The van der Waals surface area contributed by atoms with Crippen LogP contribution in [0.25, 0.3) is 0 Å². The second-order valence-electron chi connectivity index (χ2n) is 4.00. The van der Waals surface area contributed by atoms with Gasteiger partial charge in [-0.15, -0.1) is 0 Å². The standard InChI is InChI=1S/C11H18BrNO/c1-8(2)6-7-13-9(3)10-4-5-11(12)14-10/h4-5,8-9,13H,6-7H2,1-3H3. The Balaban J connectivity index is 2.32.